The van der Waals surface area contributed by atoms with E-state index in [1.54, 1.807) is 12.1 Å². The summed E-state index contributed by atoms with van der Waals surface area (Å²) in [5.74, 6) is -4.25. The number of benzene rings is 2. The van der Waals surface area contributed by atoms with Crippen molar-refractivity contribution in [2.75, 3.05) is 0 Å². The largest absolute Gasteiger partial charge is 0.573 e. The number of ether oxygens (including phenoxy) is 1. The summed E-state index contributed by atoms with van der Waals surface area (Å²) in [6.45, 7) is 3.66. The van der Waals surface area contributed by atoms with Crippen molar-refractivity contribution in [1.82, 2.24) is 0 Å². The summed E-state index contributed by atoms with van der Waals surface area (Å²) in [7, 11) is 0. The van der Waals surface area contributed by atoms with Gasteiger partial charge < -0.3 is 4.74 Å². The monoisotopic (exact) mass is 356 g/mol. The number of rotatable bonds is 7. The van der Waals surface area contributed by atoms with Crippen LogP contribution in [-0.2, 0) is 6.42 Å². The molecule has 0 amide bonds. The van der Waals surface area contributed by atoms with Crippen LogP contribution in [-0.4, -0.2) is 6.36 Å². The van der Waals surface area contributed by atoms with Crippen LogP contribution in [0.2, 0.25) is 0 Å². The van der Waals surface area contributed by atoms with E-state index in [0.29, 0.717) is 5.56 Å². The van der Waals surface area contributed by atoms with E-state index in [1.807, 2.05) is 18.2 Å². The summed E-state index contributed by atoms with van der Waals surface area (Å²) < 4.78 is 67.4. The standard InChI is InChI=1S/C19H17F5O/c1-2-3-4-5-6-13-7-9-14(10-8-13)15-11-16(20)18(17(21)12-15)25-19(22,23)24/h2,7-12H,1,3-6H2. The minimum absolute atomic E-state index is 0.141. The first kappa shape index (κ1) is 19.0. The first-order valence-electron chi connectivity index (χ1n) is 7.75. The van der Waals surface area contributed by atoms with E-state index in [-0.39, 0.29) is 5.56 Å². The zero-order chi connectivity index (χ0) is 18.4. The molecule has 6 heteroatoms. The van der Waals surface area contributed by atoms with Crippen molar-refractivity contribution in [2.45, 2.75) is 32.0 Å². The lowest BCUT2D eigenvalue weighted by Gasteiger charge is -2.12. The first-order valence-corrected chi connectivity index (χ1v) is 7.75. The fraction of sp³-hybridized carbons (Fsp3) is 0.263. The van der Waals surface area contributed by atoms with Gasteiger partial charge in [-0.25, -0.2) is 8.78 Å². The molecule has 1 nitrogen and oxygen atoms in total. The Bertz CT molecular complexity index is 697. The highest BCUT2D eigenvalue weighted by Crippen LogP contribution is 2.32. The number of unbranched alkanes of at least 4 members (excludes halogenated alkanes) is 2. The highest BCUT2D eigenvalue weighted by molar-refractivity contribution is 5.65. The summed E-state index contributed by atoms with van der Waals surface area (Å²) in [6.07, 6.45) is 0.549. The number of hydrogen-bond donors (Lipinski definition) is 0. The van der Waals surface area contributed by atoms with Gasteiger partial charge in [0.15, 0.2) is 11.6 Å². The third-order valence-corrected chi connectivity index (χ3v) is 3.63. The third-order valence-electron chi connectivity index (χ3n) is 3.63. The summed E-state index contributed by atoms with van der Waals surface area (Å²) in [6, 6.07) is 8.67. The molecule has 0 N–H and O–H groups in total. The van der Waals surface area contributed by atoms with E-state index in [0.717, 1.165) is 43.4 Å². The predicted molar refractivity (Wildman–Crippen MR) is 86.2 cm³/mol. The van der Waals surface area contributed by atoms with Gasteiger partial charge in [0.2, 0.25) is 5.75 Å². The molecule has 25 heavy (non-hydrogen) atoms. The Hall–Kier alpha value is -2.37. The van der Waals surface area contributed by atoms with Crippen molar-refractivity contribution >= 4 is 0 Å². The fourth-order valence-corrected chi connectivity index (χ4v) is 2.42. The van der Waals surface area contributed by atoms with Gasteiger partial charge in [0.25, 0.3) is 0 Å². The fourth-order valence-electron chi connectivity index (χ4n) is 2.42. The van der Waals surface area contributed by atoms with Gasteiger partial charge in [0.1, 0.15) is 0 Å². The smallest absolute Gasteiger partial charge is 0.399 e. The van der Waals surface area contributed by atoms with Crippen LogP contribution in [0.1, 0.15) is 24.8 Å². The van der Waals surface area contributed by atoms with E-state index >= 15 is 0 Å². The number of hydrogen-bond acceptors (Lipinski definition) is 1. The van der Waals surface area contributed by atoms with E-state index in [4.69, 9.17) is 0 Å². The van der Waals surface area contributed by atoms with Crippen LogP contribution in [0.5, 0.6) is 5.75 Å². The van der Waals surface area contributed by atoms with Gasteiger partial charge in [-0.05, 0) is 54.5 Å². The minimum Gasteiger partial charge on any atom is -0.399 e. The van der Waals surface area contributed by atoms with Gasteiger partial charge in [-0.15, -0.1) is 19.8 Å². The molecule has 0 aliphatic heterocycles. The molecule has 0 unspecified atom stereocenters. The minimum atomic E-state index is -5.16. The molecule has 0 saturated heterocycles. The van der Waals surface area contributed by atoms with Crippen molar-refractivity contribution in [3.63, 3.8) is 0 Å². The highest BCUT2D eigenvalue weighted by atomic mass is 19.4. The number of halogens is 5. The predicted octanol–water partition coefficient (Wildman–Crippen LogP) is 6.43. The Labute approximate surface area is 142 Å². The molecule has 0 spiro atoms. The second-order valence-corrected chi connectivity index (χ2v) is 5.55. The molecule has 0 atom stereocenters. The summed E-state index contributed by atoms with van der Waals surface area (Å²) >= 11 is 0. The molecule has 0 radical (unpaired) electrons. The van der Waals surface area contributed by atoms with Gasteiger partial charge in [-0.1, -0.05) is 30.3 Å². The van der Waals surface area contributed by atoms with E-state index in [1.165, 1.54) is 0 Å². The quantitative estimate of drug-likeness (QED) is 0.316. The Balaban J connectivity index is 2.14. The molecule has 0 saturated carbocycles. The molecule has 0 heterocycles. The molecule has 0 aliphatic rings. The molecular formula is C19H17F5O. The maximum Gasteiger partial charge on any atom is 0.573 e. The lowest BCUT2D eigenvalue weighted by atomic mass is 10.0. The molecule has 2 rings (SSSR count). The second kappa shape index (κ2) is 8.14. The van der Waals surface area contributed by atoms with Gasteiger partial charge in [-0.2, -0.15) is 0 Å². The van der Waals surface area contributed by atoms with Crippen LogP contribution in [0.25, 0.3) is 11.1 Å². The maximum atomic E-state index is 13.8. The van der Waals surface area contributed by atoms with Gasteiger partial charge in [-0.3, -0.25) is 0 Å². The second-order valence-electron chi connectivity index (χ2n) is 5.55. The van der Waals surface area contributed by atoms with Crippen molar-refractivity contribution in [2.24, 2.45) is 0 Å². The SMILES string of the molecule is C=CCCCCc1ccc(-c2cc(F)c(OC(F)(F)F)c(F)c2)cc1. The van der Waals surface area contributed by atoms with Crippen LogP contribution in [0, 0.1) is 11.6 Å². The van der Waals surface area contributed by atoms with Crippen LogP contribution < -0.4 is 4.74 Å². The summed E-state index contributed by atoms with van der Waals surface area (Å²) in [4.78, 5) is 0. The van der Waals surface area contributed by atoms with Crippen LogP contribution >= 0.6 is 0 Å². The van der Waals surface area contributed by atoms with Crippen molar-refractivity contribution in [3.05, 3.63) is 66.3 Å². The lowest BCUT2D eigenvalue weighted by molar-refractivity contribution is -0.276. The normalized spacial score (nSPS) is 11.4. The van der Waals surface area contributed by atoms with Crippen molar-refractivity contribution < 1.29 is 26.7 Å². The Morgan fingerprint density at radius 2 is 1.52 bits per heavy atom. The summed E-state index contributed by atoms with van der Waals surface area (Å²) in [5, 5.41) is 0. The number of alkyl halides is 3. The van der Waals surface area contributed by atoms with Crippen LogP contribution in [0.3, 0.4) is 0 Å². The Kier molecular flexibility index (Phi) is 6.17. The number of aryl methyl sites for hydroxylation is 1. The molecule has 2 aromatic carbocycles. The van der Waals surface area contributed by atoms with Gasteiger partial charge >= 0.3 is 6.36 Å². The average Bonchev–Trinajstić information content (AvgIpc) is 2.54. The van der Waals surface area contributed by atoms with Gasteiger partial charge in [0.05, 0.1) is 0 Å². The molecule has 0 aromatic heterocycles. The Morgan fingerprint density at radius 3 is 2.04 bits per heavy atom. The maximum absolute atomic E-state index is 13.8. The highest BCUT2D eigenvalue weighted by Gasteiger charge is 2.34. The summed E-state index contributed by atoms with van der Waals surface area (Å²) in [5.41, 5.74) is 1.72. The van der Waals surface area contributed by atoms with E-state index < -0.39 is 23.7 Å². The van der Waals surface area contributed by atoms with Gasteiger partial charge in [0, 0.05) is 0 Å². The lowest BCUT2D eigenvalue weighted by Crippen LogP contribution is -2.19. The van der Waals surface area contributed by atoms with E-state index in [9.17, 15) is 22.0 Å². The zero-order valence-corrected chi connectivity index (χ0v) is 13.4. The zero-order valence-electron chi connectivity index (χ0n) is 13.4. The molecule has 0 aliphatic carbocycles. The first-order chi connectivity index (χ1) is 11.8. The molecular weight excluding hydrogens is 339 g/mol. The van der Waals surface area contributed by atoms with Crippen molar-refractivity contribution in [1.29, 1.82) is 0 Å². The molecule has 2 aromatic rings. The van der Waals surface area contributed by atoms with Crippen LogP contribution in [0.4, 0.5) is 22.0 Å². The number of allylic oxidation sites excluding steroid dienone is 1. The third kappa shape index (κ3) is 5.59. The molecule has 0 fully saturated rings. The van der Waals surface area contributed by atoms with Crippen molar-refractivity contribution in [3.8, 4) is 16.9 Å². The van der Waals surface area contributed by atoms with Crippen LogP contribution in [0.15, 0.2) is 49.1 Å². The topological polar surface area (TPSA) is 9.23 Å². The van der Waals surface area contributed by atoms with E-state index in [2.05, 4.69) is 11.3 Å². The average molecular weight is 356 g/mol. The molecule has 0 bridgehead atoms. The Morgan fingerprint density at radius 1 is 0.920 bits per heavy atom. The molecule has 134 valence electrons.